The summed E-state index contributed by atoms with van der Waals surface area (Å²) in [6.07, 6.45) is 3.76. The van der Waals surface area contributed by atoms with Crippen LogP contribution in [0.15, 0.2) is 42.7 Å². The smallest absolute Gasteiger partial charge is 0.155 e. The fourth-order valence-electron chi connectivity index (χ4n) is 3.68. The van der Waals surface area contributed by atoms with E-state index >= 15 is 0 Å². The SMILES string of the molecule is Cc1c(C(C)NCc2ccccc2N2CCNCC2)cnc2ccnn12. The van der Waals surface area contributed by atoms with Crippen molar-refractivity contribution in [2.24, 2.45) is 0 Å². The molecule has 1 unspecified atom stereocenters. The van der Waals surface area contributed by atoms with Gasteiger partial charge in [0.25, 0.3) is 0 Å². The molecule has 1 aliphatic rings. The van der Waals surface area contributed by atoms with Gasteiger partial charge in [-0.2, -0.15) is 5.10 Å². The zero-order valence-corrected chi connectivity index (χ0v) is 15.4. The molecule has 2 aromatic heterocycles. The normalized spacial score (nSPS) is 16.2. The van der Waals surface area contributed by atoms with Crippen LogP contribution in [0, 0.1) is 6.92 Å². The summed E-state index contributed by atoms with van der Waals surface area (Å²) in [5, 5.41) is 11.5. The van der Waals surface area contributed by atoms with Gasteiger partial charge in [0.1, 0.15) is 0 Å². The van der Waals surface area contributed by atoms with E-state index in [1.54, 1.807) is 6.20 Å². The van der Waals surface area contributed by atoms with Gasteiger partial charge >= 0.3 is 0 Å². The summed E-state index contributed by atoms with van der Waals surface area (Å²) in [5.41, 5.74) is 5.89. The van der Waals surface area contributed by atoms with Crippen LogP contribution in [0.1, 0.15) is 29.8 Å². The highest BCUT2D eigenvalue weighted by Crippen LogP contribution is 2.23. The van der Waals surface area contributed by atoms with E-state index in [0.717, 1.165) is 44.1 Å². The van der Waals surface area contributed by atoms with Crippen molar-refractivity contribution in [1.29, 1.82) is 0 Å². The number of para-hydroxylation sites is 1. The fraction of sp³-hybridized carbons (Fsp3) is 0.400. The van der Waals surface area contributed by atoms with E-state index in [1.165, 1.54) is 16.8 Å². The van der Waals surface area contributed by atoms with E-state index in [-0.39, 0.29) is 6.04 Å². The third-order valence-electron chi connectivity index (χ3n) is 5.21. The summed E-state index contributed by atoms with van der Waals surface area (Å²) in [6.45, 7) is 9.34. The molecule has 1 saturated heterocycles. The van der Waals surface area contributed by atoms with Crippen LogP contribution >= 0.6 is 0 Å². The fourth-order valence-corrected chi connectivity index (χ4v) is 3.68. The first-order valence-electron chi connectivity index (χ1n) is 9.30. The summed E-state index contributed by atoms with van der Waals surface area (Å²) in [5.74, 6) is 0. The number of hydrogen-bond acceptors (Lipinski definition) is 5. The van der Waals surface area contributed by atoms with Crippen LogP contribution in [-0.4, -0.2) is 40.8 Å². The molecule has 3 aromatic rings. The van der Waals surface area contributed by atoms with Gasteiger partial charge in [-0.15, -0.1) is 0 Å². The van der Waals surface area contributed by atoms with E-state index < -0.39 is 0 Å². The van der Waals surface area contributed by atoms with Gasteiger partial charge in [-0.25, -0.2) is 9.50 Å². The van der Waals surface area contributed by atoms with E-state index in [0.29, 0.717) is 0 Å². The summed E-state index contributed by atoms with van der Waals surface area (Å²) in [7, 11) is 0. The summed E-state index contributed by atoms with van der Waals surface area (Å²) < 4.78 is 1.90. The van der Waals surface area contributed by atoms with Crippen molar-refractivity contribution in [2.75, 3.05) is 31.1 Å². The zero-order valence-electron chi connectivity index (χ0n) is 15.4. The molecule has 6 heteroatoms. The van der Waals surface area contributed by atoms with Crippen LogP contribution in [0.4, 0.5) is 5.69 Å². The minimum absolute atomic E-state index is 0.201. The average Bonchev–Trinajstić information content (AvgIpc) is 3.17. The first-order chi connectivity index (χ1) is 12.7. The van der Waals surface area contributed by atoms with Gasteiger partial charge in [0, 0.05) is 68.0 Å². The third-order valence-corrected chi connectivity index (χ3v) is 5.21. The second kappa shape index (κ2) is 7.43. The van der Waals surface area contributed by atoms with E-state index in [9.17, 15) is 0 Å². The van der Waals surface area contributed by atoms with Crippen LogP contribution in [0.3, 0.4) is 0 Å². The van der Waals surface area contributed by atoms with Crippen LogP contribution in [0.5, 0.6) is 0 Å². The first-order valence-corrected chi connectivity index (χ1v) is 9.30. The molecular weight excluding hydrogens is 324 g/mol. The molecule has 2 N–H and O–H groups in total. The van der Waals surface area contributed by atoms with Gasteiger partial charge in [-0.1, -0.05) is 18.2 Å². The second-order valence-electron chi connectivity index (χ2n) is 6.87. The second-order valence-corrected chi connectivity index (χ2v) is 6.87. The van der Waals surface area contributed by atoms with Crippen molar-refractivity contribution in [1.82, 2.24) is 25.2 Å². The summed E-state index contributed by atoms with van der Waals surface area (Å²) >= 11 is 0. The lowest BCUT2D eigenvalue weighted by atomic mass is 10.1. The average molecular weight is 350 g/mol. The zero-order chi connectivity index (χ0) is 17.9. The van der Waals surface area contributed by atoms with Gasteiger partial charge in [-0.05, 0) is 25.5 Å². The molecule has 0 aliphatic carbocycles. The van der Waals surface area contributed by atoms with Crippen LogP contribution in [-0.2, 0) is 6.54 Å². The van der Waals surface area contributed by atoms with Crippen molar-refractivity contribution < 1.29 is 0 Å². The predicted octanol–water partition coefficient (Wildman–Crippen LogP) is 2.30. The molecule has 1 fully saturated rings. The quantitative estimate of drug-likeness (QED) is 0.739. The Labute approximate surface area is 154 Å². The van der Waals surface area contributed by atoms with Crippen LogP contribution < -0.4 is 15.5 Å². The summed E-state index contributed by atoms with van der Waals surface area (Å²) in [6, 6.07) is 10.8. The van der Waals surface area contributed by atoms with Crippen molar-refractivity contribution >= 4 is 11.3 Å². The number of rotatable bonds is 5. The molecule has 136 valence electrons. The molecule has 3 heterocycles. The number of anilines is 1. The molecule has 0 radical (unpaired) electrons. The molecule has 0 amide bonds. The number of aromatic nitrogens is 3. The molecule has 0 spiro atoms. The third kappa shape index (κ3) is 3.30. The van der Waals surface area contributed by atoms with E-state index in [2.05, 4.69) is 63.7 Å². The minimum atomic E-state index is 0.201. The molecule has 26 heavy (non-hydrogen) atoms. The Bertz CT molecular complexity index is 881. The Hall–Kier alpha value is -2.44. The Morgan fingerprint density at radius 1 is 1.19 bits per heavy atom. The molecule has 0 bridgehead atoms. The Morgan fingerprint density at radius 3 is 2.85 bits per heavy atom. The maximum absolute atomic E-state index is 4.51. The maximum Gasteiger partial charge on any atom is 0.155 e. The Morgan fingerprint density at radius 2 is 2.00 bits per heavy atom. The number of hydrogen-bond donors (Lipinski definition) is 2. The highest BCUT2D eigenvalue weighted by atomic mass is 15.2. The van der Waals surface area contributed by atoms with Gasteiger partial charge in [-0.3, -0.25) is 0 Å². The highest BCUT2D eigenvalue weighted by molar-refractivity contribution is 5.54. The van der Waals surface area contributed by atoms with Crippen molar-refractivity contribution in [3.05, 3.63) is 59.5 Å². The van der Waals surface area contributed by atoms with E-state index in [1.807, 2.05) is 16.8 Å². The molecule has 4 rings (SSSR count). The number of nitrogens with one attached hydrogen (secondary N) is 2. The molecule has 1 atom stereocenters. The minimum Gasteiger partial charge on any atom is -0.369 e. The lowest BCUT2D eigenvalue weighted by Gasteiger charge is -2.31. The Kier molecular flexibility index (Phi) is 4.86. The number of piperazine rings is 1. The number of fused-ring (bicyclic) bond motifs is 1. The van der Waals surface area contributed by atoms with Crippen molar-refractivity contribution in [2.45, 2.75) is 26.4 Å². The predicted molar refractivity (Wildman–Crippen MR) is 105 cm³/mol. The van der Waals surface area contributed by atoms with Crippen molar-refractivity contribution in [3.8, 4) is 0 Å². The molecule has 1 aliphatic heterocycles. The molecular formula is C20H26N6. The number of benzene rings is 1. The van der Waals surface area contributed by atoms with Crippen LogP contribution in [0.2, 0.25) is 0 Å². The van der Waals surface area contributed by atoms with Crippen LogP contribution in [0.25, 0.3) is 5.65 Å². The van der Waals surface area contributed by atoms with Gasteiger partial charge in [0.2, 0.25) is 0 Å². The molecule has 1 aromatic carbocycles. The highest BCUT2D eigenvalue weighted by Gasteiger charge is 2.16. The maximum atomic E-state index is 4.51. The first kappa shape index (κ1) is 17.0. The van der Waals surface area contributed by atoms with Gasteiger partial charge < -0.3 is 15.5 Å². The lowest BCUT2D eigenvalue weighted by Crippen LogP contribution is -2.44. The monoisotopic (exact) mass is 350 g/mol. The molecule has 0 saturated carbocycles. The number of nitrogens with zero attached hydrogens (tertiary/aromatic N) is 4. The van der Waals surface area contributed by atoms with Gasteiger partial charge in [0.05, 0.1) is 6.20 Å². The molecule has 6 nitrogen and oxygen atoms in total. The largest absolute Gasteiger partial charge is 0.369 e. The number of aryl methyl sites for hydroxylation is 1. The summed E-state index contributed by atoms with van der Waals surface area (Å²) in [4.78, 5) is 6.99. The topological polar surface area (TPSA) is 57.5 Å². The van der Waals surface area contributed by atoms with Gasteiger partial charge in [0.15, 0.2) is 5.65 Å². The lowest BCUT2D eigenvalue weighted by molar-refractivity contribution is 0.558. The Balaban J connectivity index is 1.50. The van der Waals surface area contributed by atoms with Crippen molar-refractivity contribution in [3.63, 3.8) is 0 Å². The van der Waals surface area contributed by atoms with E-state index in [4.69, 9.17) is 0 Å². The standard InChI is InChI=1S/C20H26N6/c1-15(18-14-23-20-7-8-24-26(20)16(18)2)22-13-17-5-3-4-6-19(17)25-11-9-21-10-12-25/h3-8,14-15,21-22H,9-13H2,1-2H3.